The topological polar surface area (TPSA) is 64.9 Å². The van der Waals surface area contributed by atoms with Crippen LogP contribution in [-0.2, 0) is 0 Å². The lowest BCUT2D eigenvalue weighted by atomic mass is 9.79. The molecule has 0 aromatic heterocycles. The van der Waals surface area contributed by atoms with Crippen LogP contribution in [0.25, 0.3) is 0 Å². The number of fused-ring (bicyclic) bond motifs is 1. The molecule has 2 aromatic carbocycles. The molecule has 1 unspecified atom stereocenters. The van der Waals surface area contributed by atoms with Crippen LogP contribution in [0.3, 0.4) is 0 Å². The second-order valence-electron chi connectivity index (χ2n) is 8.38. The molecule has 1 aliphatic rings. The van der Waals surface area contributed by atoms with Gasteiger partial charge in [0.1, 0.15) is 5.75 Å². The first-order valence-electron chi connectivity index (χ1n) is 10.1. The summed E-state index contributed by atoms with van der Waals surface area (Å²) in [6.45, 7) is 10.1. The molecule has 0 saturated heterocycles. The van der Waals surface area contributed by atoms with E-state index in [0.717, 1.165) is 24.9 Å². The van der Waals surface area contributed by atoms with Gasteiger partial charge in [-0.15, -0.1) is 0 Å². The summed E-state index contributed by atoms with van der Waals surface area (Å²) in [5.41, 5.74) is 6.64. The predicted molar refractivity (Wildman–Crippen MR) is 130 cm³/mol. The van der Waals surface area contributed by atoms with Gasteiger partial charge in [-0.05, 0) is 99.9 Å². The Morgan fingerprint density at radius 3 is 2.60 bits per heavy atom. The Balaban J connectivity index is 1.78. The van der Waals surface area contributed by atoms with E-state index in [4.69, 9.17) is 0 Å². The van der Waals surface area contributed by atoms with Gasteiger partial charge >= 0.3 is 0 Å². The van der Waals surface area contributed by atoms with Gasteiger partial charge in [0.2, 0.25) is 0 Å². The Morgan fingerprint density at radius 1 is 1.30 bits per heavy atom. The molecule has 3 rings (SSSR count). The number of hydrogen-bond donors (Lipinski definition) is 2. The molecule has 5 nitrogen and oxygen atoms in total. The highest BCUT2D eigenvalue weighted by atomic mass is 79.9. The largest absolute Gasteiger partial charge is 0.506 e. The first-order valence-corrected chi connectivity index (χ1v) is 11.7. The van der Waals surface area contributed by atoms with Crippen LogP contribution in [0.2, 0.25) is 0 Å². The minimum Gasteiger partial charge on any atom is -0.506 e. The van der Waals surface area contributed by atoms with Gasteiger partial charge in [-0.2, -0.15) is 5.10 Å². The lowest BCUT2D eigenvalue weighted by molar-refractivity contribution is 0.0955. The van der Waals surface area contributed by atoms with Gasteiger partial charge < -0.3 is 10.0 Å². The molecule has 2 N–H and O–H groups in total. The molecule has 1 aliphatic heterocycles. The first kappa shape index (κ1) is 22.8. The molecule has 7 heteroatoms. The summed E-state index contributed by atoms with van der Waals surface area (Å²) in [5.74, 6) is 0.158. The van der Waals surface area contributed by atoms with E-state index < -0.39 is 0 Å². The molecule has 0 aliphatic carbocycles. The van der Waals surface area contributed by atoms with Gasteiger partial charge in [0.05, 0.1) is 15.2 Å². The Morgan fingerprint density at radius 2 is 1.97 bits per heavy atom. The molecule has 30 heavy (non-hydrogen) atoms. The number of anilines is 1. The van der Waals surface area contributed by atoms with Crippen molar-refractivity contribution in [2.75, 3.05) is 11.4 Å². The number of amides is 1. The number of hydrogen-bond acceptors (Lipinski definition) is 4. The summed E-state index contributed by atoms with van der Waals surface area (Å²) in [6, 6.07) is 9.48. The summed E-state index contributed by atoms with van der Waals surface area (Å²) in [5, 5.41) is 13.9. The van der Waals surface area contributed by atoms with Gasteiger partial charge in [0, 0.05) is 23.3 Å². The summed E-state index contributed by atoms with van der Waals surface area (Å²) in [7, 11) is 0. The van der Waals surface area contributed by atoms with Crippen LogP contribution in [0.5, 0.6) is 5.75 Å². The third-order valence-corrected chi connectivity index (χ3v) is 6.72. The summed E-state index contributed by atoms with van der Waals surface area (Å²) in [6.07, 6.45) is 3.87. The lowest BCUT2D eigenvalue weighted by Gasteiger charge is -2.47. The third-order valence-electron chi connectivity index (χ3n) is 5.52. The third kappa shape index (κ3) is 4.72. The van der Waals surface area contributed by atoms with E-state index in [1.807, 2.05) is 6.07 Å². The fourth-order valence-electron chi connectivity index (χ4n) is 4.16. The van der Waals surface area contributed by atoms with Crippen molar-refractivity contribution in [3.05, 3.63) is 56.0 Å². The van der Waals surface area contributed by atoms with Gasteiger partial charge in [-0.25, -0.2) is 5.43 Å². The predicted octanol–water partition coefficient (Wildman–Crippen LogP) is 6.18. The quantitative estimate of drug-likeness (QED) is 0.354. The van der Waals surface area contributed by atoms with Crippen LogP contribution in [0.4, 0.5) is 5.69 Å². The van der Waals surface area contributed by atoms with Crippen molar-refractivity contribution in [1.29, 1.82) is 0 Å². The number of nitrogens with one attached hydrogen (secondary N) is 1. The monoisotopic (exact) mass is 535 g/mol. The molecule has 1 atom stereocenters. The maximum absolute atomic E-state index is 12.4. The second-order valence-corrected chi connectivity index (χ2v) is 10.1. The molecule has 0 radical (unpaired) electrons. The van der Waals surface area contributed by atoms with Crippen molar-refractivity contribution >= 4 is 49.7 Å². The highest BCUT2D eigenvalue weighted by molar-refractivity contribution is 9.11. The van der Waals surface area contributed by atoms with Crippen molar-refractivity contribution in [3.63, 3.8) is 0 Å². The number of aromatic hydroxyl groups is 1. The van der Waals surface area contributed by atoms with E-state index >= 15 is 0 Å². The first-order chi connectivity index (χ1) is 14.1. The van der Waals surface area contributed by atoms with Crippen molar-refractivity contribution in [2.45, 2.75) is 52.0 Å². The highest BCUT2D eigenvalue weighted by Crippen LogP contribution is 2.43. The van der Waals surface area contributed by atoms with Crippen molar-refractivity contribution in [1.82, 2.24) is 5.43 Å². The molecular weight excluding hydrogens is 510 g/mol. The highest BCUT2D eigenvalue weighted by Gasteiger charge is 2.35. The van der Waals surface area contributed by atoms with Gasteiger partial charge in [-0.3, -0.25) is 4.79 Å². The number of nitrogens with zero attached hydrogens (tertiary/aromatic N) is 2. The normalized spacial score (nSPS) is 17.8. The second kappa shape index (κ2) is 9.10. The minimum absolute atomic E-state index is 0.0542. The van der Waals surface area contributed by atoms with Crippen LogP contribution in [-0.4, -0.2) is 29.3 Å². The molecule has 2 aromatic rings. The molecule has 1 heterocycles. The van der Waals surface area contributed by atoms with Crippen LogP contribution >= 0.6 is 31.9 Å². The average molecular weight is 537 g/mol. The number of phenols is 1. The maximum atomic E-state index is 12.4. The number of rotatable bonds is 5. The number of carbonyl (C=O) groups is 1. The molecule has 0 saturated carbocycles. The molecule has 0 bridgehead atoms. The van der Waals surface area contributed by atoms with Crippen LogP contribution < -0.4 is 10.3 Å². The maximum Gasteiger partial charge on any atom is 0.271 e. The Labute approximate surface area is 194 Å². The summed E-state index contributed by atoms with van der Waals surface area (Å²) < 4.78 is 0.878. The van der Waals surface area contributed by atoms with Crippen molar-refractivity contribution in [3.8, 4) is 5.75 Å². The van der Waals surface area contributed by atoms with E-state index in [9.17, 15) is 9.90 Å². The summed E-state index contributed by atoms with van der Waals surface area (Å²) in [4.78, 5) is 14.9. The number of carbonyl (C=O) groups excluding carboxylic acids is 1. The zero-order chi connectivity index (χ0) is 22.1. The van der Waals surface area contributed by atoms with Crippen molar-refractivity contribution < 1.29 is 9.90 Å². The molecule has 160 valence electrons. The van der Waals surface area contributed by atoms with E-state index in [1.165, 1.54) is 11.3 Å². The molecule has 1 amide bonds. The molecule has 0 spiro atoms. The summed E-state index contributed by atoms with van der Waals surface area (Å²) >= 11 is 6.46. The average Bonchev–Trinajstić information content (AvgIpc) is 2.68. The Bertz CT molecular complexity index is 965. The SMILES string of the molecule is CCCN1c2ccc(/C=N\NC(=O)c3cc(Br)c(O)c(Br)c3)cc2C(C)CC1(C)C. The van der Waals surface area contributed by atoms with Gasteiger partial charge in [0.15, 0.2) is 0 Å². The smallest absolute Gasteiger partial charge is 0.271 e. The van der Waals surface area contributed by atoms with Crippen molar-refractivity contribution in [2.24, 2.45) is 5.10 Å². The van der Waals surface area contributed by atoms with Gasteiger partial charge in [0.25, 0.3) is 5.91 Å². The van der Waals surface area contributed by atoms with Gasteiger partial charge in [-0.1, -0.05) is 19.9 Å². The lowest BCUT2D eigenvalue weighted by Crippen LogP contribution is -2.48. The Hall–Kier alpha value is -1.86. The zero-order valence-corrected chi connectivity index (χ0v) is 20.8. The standard InChI is InChI=1S/C23H27Br2N3O2/c1-5-8-28-20-7-6-15(9-17(20)14(2)12-23(28,3)4)13-26-27-22(30)16-10-18(24)21(29)19(25)11-16/h6-7,9-11,13-14,29H,5,8,12H2,1-4H3,(H,27,30)/b26-13-. The number of halogens is 2. The molecule has 0 fully saturated rings. The number of phenolic OH excluding ortho intramolecular Hbond substituents is 1. The van der Waals surface area contributed by atoms with E-state index in [2.05, 4.69) is 87.1 Å². The van der Waals surface area contributed by atoms with Crippen LogP contribution in [0, 0.1) is 0 Å². The molecular formula is C23H27Br2N3O2. The zero-order valence-electron chi connectivity index (χ0n) is 17.7. The fourth-order valence-corrected chi connectivity index (χ4v) is 5.35. The van der Waals surface area contributed by atoms with E-state index in [0.29, 0.717) is 20.4 Å². The van der Waals surface area contributed by atoms with Crippen LogP contribution in [0.1, 0.15) is 67.9 Å². The fraction of sp³-hybridized carbons (Fsp3) is 0.391. The Kier molecular flexibility index (Phi) is 6.92. The number of benzene rings is 2. The van der Waals surface area contributed by atoms with Crippen LogP contribution in [0.15, 0.2) is 44.4 Å². The minimum atomic E-state index is -0.352. The van der Waals surface area contributed by atoms with E-state index in [-0.39, 0.29) is 17.2 Å². The number of hydrazone groups is 1. The van der Waals surface area contributed by atoms with E-state index in [1.54, 1.807) is 18.3 Å².